The van der Waals surface area contributed by atoms with E-state index in [-0.39, 0.29) is 5.84 Å². The van der Waals surface area contributed by atoms with Crippen molar-refractivity contribution in [1.82, 2.24) is 10.2 Å². The van der Waals surface area contributed by atoms with E-state index in [0.717, 1.165) is 17.0 Å². The summed E-state index contributed by atoms with van der Waals surface area (Å²) in [7, 11) is 0. The van der Waals surface area contributed by atoms with E-state index in [9.17, 15) is 0 Å². The molecule has 0 aliphatic carbocycles. The van der Waals surface area contributed by atoms with Crippen LogP contribution in [0.15, 0.2) is 0 Å². The van der Waals surface area contributed by atoms with Crippen molar-refractivity contribution < 1.29 is 0 Å². The highest BCUT2D eigenvalue weighted by Gasteiger charge is 2.07. The number of amidine groups is 1. The third kappa shape index (κ3) is 0.877. The van der Waals surface area contributed by atoms with Crippen LogP contribution in [0.25, 0.3) is 0 Å². The number of H-pyrrole nitrogens is 1. The molecule has 0 saturated carbocycles. The fourth-order valence-electron chi connectivity index (χ4n) is 0.948. The molecule has 4 N–H and O–H groups in total. The maximum Gasteiger partial charge on any atom is 0.126 e. The molecule has 0 unspecified atom stereocenters. The molecule has 0 spiro atoms. The van der Waals surface area contributed by atoms with Crippen LogP contribution >= 0.6 is 0 Å². The molecular weight excluding hydrogens is 128 g/mol. The number of nitrogens with one attached hydrogen (secondary N) is 2. The second-order valence-electron chi connectivity index (χ2n) is 2.22. The summed E-state index contributed by atoms with van der Waals surface area (Å²) in [6.45, 7) is 3.66. The summed E-state index contributed by atoms with van der Waals surface area (Å²) < 4.78 is 0. The number of nitrogens with two attached hydrogens (primary N) is 1. The Bertz CT molecular complexity index is 241. The van der Waals surface area contributed by atoms with Gasteiger partial charge >= 0.3 is 0 Å². The first-order valence-electron chi connectivity index (χ1n) is 2.99. The Morgan fingerprint density at radius 2 is 2.20 bits per heavy atom. The maximum absolute atomic E-state index is 7.15. The zero-order valence-electron chi connectivity index (χ0n) is 6.02. The molecule has 0 bridgehead atoms. The number of hydrogen-bond donors (Lipinski definition) is 3. The molecular formula is C6H10N4. The van der Waals surface area contributed by atoms with Gasteiger partial charge in [-0.05, 0) is 13.8 Å². The zero-order chi connectivity index (χ0) is 7.72. The number of aromatic amines is 1. The molecule has 10 heavy (non-hydrogen) atoms. The molecule has 0 radical (unpaired) electrons. The van der Waals surface area contributed by atoms with E-state index in [0.29, 0.717) is 0 Å². The van der Waals surface area contributed by atoms with E-state index in [4.69, 9.17) is 11.1 Å². The molecule has 0 aliphatic heterocycles. The van der Waals surface area contributed by atoms with E-state index in [1.54, 1.807) is 0 Å². The average Bonchev–Trinajstić information content (AvgIpc) is 2.11. The molecule has 0 atom stereocenters. The van der Waals surface area contributed by atoms with Crippen LogP contribution in [0.4, 0.5) is 0 Å². The van der Waals surface area contributed by atoms with Crippen molar-refractivity contribution in [3.05, 3.63) is 17.0 Å². The standard InChI is InChI=1S/C6H10N4/c1-3-5(6(7)8)4(2)10-9-3/h1-2H3,(H3,7,8)(H,9,10). The predicted octanol–water partition coefficient (Wildman–Crippen LogP) is 0.311. The summed E-state index contributed by atoms with van der Waals surface area (Å²) in [5.74, 6) is 0.0729. The minimum atomic E-state index is 0.0729. The fourth-order valence-corrected chi connectivity index (χ4v) is 0.948. The van der Waals surface area contributed by atoms with Crippen LogP contribution in [0.5, 0.6) is 0 Å². The van der Waals surface area contributed by atoms with Crippen LogP contribution < -0.4 is 5.73 Å². The number of aromatic nitrogens is 2. The van der Waals surface area contributed by atoms with Gasteiger partial charge in [-0.15, -0.1) is 0 Å². The Morgan fingerprint density at radius 1 is 1.60 bits per heavy atom. The number of nitrogens with zero attached hydrogens (tertiary/aromatic N) is 1. The third-order valence-corrected chi connectivity index (χ3v) is 1.40. The SMILES string of the molecule is Cc1n[nH]c(C)c1C(=N)N. The van der Waals surface area contributed by atoms with Gasteiger partial charge in [0.2, 0.25) is 0 Å². The summed E-state index contributed by atoms with van der Waals surface area (Å²) >= 11 is 0. The van der Waals surface area contributed by atoms with Crippen molar-refractivity contribution >= 4 is 5.84 Å². The number of rotatable bonds is 1. The highest BCUT2D eigenvalue weighted by atomic mass is 15.1. The average molecular weight is 138 g/mol. The highest BCUT2D eigenvalue weighted by molar-refractivity contribution is 5.96. The van der Waals surface area contributed by atoms with Crippen molar-refractivity contribution in [3.8, 4) is 0 Å². The largest absolute Gasteiger partial charge is 0.384 e. The van der Waals surface area contributed by atoms with E-state index >= 15 is 0 Å². The zero-order valence-corrected chi connectivity index (χ0v) is 6.02. The Labute approximate surface area is 58.9 Å². The predicted molar refractivity (Wildman–Crippen MR) is 39.1 cm³/mol. The molecule has 0 aromatic carbocycles. The first-order chi connectivity index (χ1) is 4.63. The lowest BCUT2D eigenvalue weighted by Crippen LogP contribution is -2.12. The Kier molecular flexibility index (Phi) is 1.45. The van der Waals surface area contributed by atoms with E-state index in [1.165, 1.54) is 0 Å². The second kappa shape index (κ2) is 2.13. The van der Waals surface area contributed by atoms with Gasteiger partial charge in [0.1, 0.15) is 5.84 Å². The van der Waals surface area contributed by atoms with Crippen LogP contribution in [0.3, 0.4) is 0 Å². The van der Waals surface area contributed by atoms with Gasteiger partial charge in [-0.25, -0.2) is 0 Å². The van der Waals surface area contributed by atoms with Crippen LogP contribution in [0.2, 0.25) is 0 Å². The van der Waals surface area contributed by atoms with Crippen LogP contribution in [0, 0.1) is 19.3 Å². The summed E-state index contributed by atoms with van der Waals surface area (Å²) in [4.78, 5) is 0. The van der Waals surface area contributed by atoms with Gasteiger partial charge in [-0.3, -0.25) is 10.5 Å². The van der Waals surface area contributed by atoms with E-state index < -0.39 is 0 Å². The first kappa shape index (κ1) is 6.80. The minimum absolute atomic E-state index is 0.0729. The molecule has 0 amide bonds. The second-order valence-corrected chi connectivity index (χ2v) is 2.22. The van der Waals surface area contributed by atoms with E-state index in [1.807, 2.05) is 13.8 Å². The van der Waals surface area contributed by atoms with Gasteiger partial charge in [0.25, 0.3) is 0 Å². The summed E-state index contributed by atoms with van der Waals surface area (Å²) in [6.07, 6.45) is 0. The van der Waals surface area contributed by atoms with Crippen LogP contribution in [-0.2, 0) is 0 Å². The molecule has 1 aromatic heterocycles. The van der Waals surface area contributed by atoms with Crippen molar-refractivity contribution in [2.75, 3.05) is 0 Å². The van der Waals surface area contributed by atoms with Crippen LogP contribution in [0.1, 0.15) is 17.0 Å². The van der Waals surface area contributed by atoms with Crippen molar-refractivity contribution in [2.45, 2.75) is 13.8 Å². The van der Waals surface area contributed by atoms with Crippen LogP contribution in [-0.4, -0.2) is 16.0 Å². The van der Waals surface area contributed by atoms with Gasteiger partial charge in [0, 0.05) is 5.69 Å². The molecule has 0 fully saturated rings. The Morgan fingerprint density at radius 3 is 2.40 bits per heavy atom. The summed E-state index contributed by atoms with van der Waals surface area (Å²) in [5.41, 5.74) is 7.64. The molecule has 54 valence electrons. The number of hydrogen-bond acceptors (Lipinski definition) is 2. The van der Waals surface area contributed by atoms with Crippen molar-refractivity contribution in [1.29, 1.82) is 5.41 Å². The van der Waals surface area contributed by atoms with Gasteiger partial charge < -0.3 is 5.73 Å². The Balaban J connectivity index is 3.23. The fraction of sp³-hybridized carbons (Fsp3) is 0.333. The minimum Gasteiger partial charge on any atom is -0.384 e. The van der Waals surface area contributed by atoms with Gasteiger partial charge in [-0.2, -0.15) is 5.10 Å². The summed E-state index contributed by atoms with van der Waals surface area (Å²) in [5, 5.41) is 13.8. The first-order valence-corrected chi connectivity index (χ1v) is 2.99. The third-order valence-electron chi connectivity index (χ3n) is 1.40. The summed E-state index contributed by atoms with van der Waals surface area (Å²) in [6, 6.07) is 0. The van der Waals surface area contributed by atoms with Crippen molar-refractivity contribution in [2.24, 2.45) is 5.73 Å². The Hall–Kier alpha value is -1.32. The molecule has 4 nitrogen and oxygen atoms in total. The molecule has 4 heteroatoms. The highest BCUT2D eigenvalue weighted by Crippen LogP contribution is 2.06. The van der Waals surface area contributed by atoms with Gasteiger partial charge in [0.05, 0.1) is 11.3 Å². The maximum atomic E-state index is 7.15. The number of aryl methyl sites for hydroxylation is 2. The normalized spacial score (nSPS) is 9.80. The number of nitrogen functional groups attached to an aromatic ring is 1. The molecule has 1 aromatic rings. The lowest BCUT2D eigenvalue weighted by molar-refractivity contribution is 1.02. The topological polar surface area (TPSA) is 78.5 Å². The molecule has 0 saturated heterocycles. The van der Waals surface area contributed by atoms with Gasteiger partial charge in [-0.1, -0.05) is 0 Å². The monoisotopic (exact) mass is 138 g/mol. The lowest BCUT2D eigenvalue weighted by atomic mass is 10.2. The van der Waals surface area contributed by atoms with Gasteiger partial charge in [0.15, 0.2) is 0 Å². The molecule has 0 aliphatic rings. The quantitative estimate of drug-likeness (QED) is 0.385. The lowest BCUT2D eigenvalue weighted by Gasteiger charge is -1.94. The smallest absolute Gasteiger partial charge is 0.126 e. The molecule has 1 heterocycles. The molecule has 1 rings (SSSR count). The van der Waals surface area contributed by atoms with E-state index in [2.05, 4.69) is 10.2 Å². The van der Waals surface area contributed by atoms with Crippen molar-refractivity contribution in [3.63, 3.8) is 0 Å².